The van der Waals surface area contributed by atoms with Crippen LogP contribution in [-0.2, 0) is 21.8 Å². The van der Waals surface area contributed by atoms with Crippen molar-refractivity contribution in [3.8, 4) is 0 Å². The average Bonchev–Trinajstić information content (AvgIpc) is 3.49. The number of aryl methyl sites for hydroxylation is 2. The zero-order chi connectivity index (χ0) is 31.4. The first-order chi connectivity index (χ1) is 19.2. The highest BCUT2D eigenvalue weighted by Gasteiger charge is 2.48. The SMILES string of the molecule is Cc1nn(C)cc1S(=O)(=O)NB(O)c1ccc(N2C=CC(OCC(C)(C)C(F)(F)F)N2C)nc1N1C[C@@H](C)CC1(C)C. The Morgan fingerprint density at radius 1 is 1.24 bits per heavy atom. The van der Waals surface area contributed by atoms with E-state index in [0.717, 1.165) is 20.3 Å². The van der Waals surface area contributed by atoms with Crippen molar-refractivity contribution in [2.24, 2.45) is 18.4 Å². The molecule has 0 radical (unpaired) electrons. The number of ether oxygens (including phenoxy) is 1. The molecule has 0 aliphatic carbocycles. The van der Waals surface area contributed by atoms with Gasteiger partial charge in [-0.15, -0.1) is 0 Å². The van der Waals surface area contributed by atoms with E-state index in [-0.39, 0.29) is 15.9 Å². The van der Waals surface area contributed by atoms with E-state index in [1.54, 1.807) is 55.4 Å². The fourth-order valence-electron chi connectivity index (χ4n) is 5.37. The molecule has 2 aliphatic heterocycles. The summed E-state index contributed by atoms with van der Waals surface area (Å²) in [6, 6.07) is 3.21. The summed E-state index contributed by atoms with van der Waals surface area (Å²) in [5.74, 6) is 1.13. The van der Waals surface area contributed by atoms with Crippen molar-refractivity contribution in [2.45, 2.75) is 70.8 Å². The Hall–Kier alpha value is -2.66. The van der Waals surface area contributed by atoms with E-state index in [2.05, 4.69) is 30.5 Å². The van der Waals surface area contributed by atoms with Crippen LogP contribution in [0, 0.1) is 18.3 Å². The molecule has 0 aromatic carbocycles. The number of hydrogen-bond donors (Lipinski definition) is 2. The molecule has 0 bridgehead atoms. The van der Waals surface area contributed by atoms with E-state index in [1.165, 1.54) is 10.9 Å². The van der Waals surface area contributed by atoms with Crippen LogP contribution in [-0.4, -0.2) is 78.4 Å². The number of likely N-dealkylation sites (N-methyl/N-ethyl adjacent to an activating group) is 1. The third kappa shape index (κ3) is 6.32. The Morgan fingerprint density at radius 2 is 1.90 bits per heavy atom. The van der Waals surface area contributed by atoms with Crippen molar-refractivity contribution in [3.05, 3.63) is 36.3 Å². The molecule has 11 nitrogen and oxygen atoms in total. The maximum atomic E-state index is 13.3. The summed E-state index contributed by atoms with van der Waals surface area (Å²) in [4.78, 5) is 6.85. The van der Waals surface area contributed by atoms with Gasteiger partial charge in [-0.3, -0.25) is 9.69 Å². The van der Waals surface area contributed by atoms with E-state index in [4.69, 9.17) is 9.72 Å². The summed E-state index contributed by atoms with van der Waals surface area (Å²) in [7, 11) is -2.47. The van der Waals surface area contributed by atoms with E-state index in [1.807, 2.05) is 4.90 Å². The summed E-state index contributed by atoms with van der Waals surface area (Å²) in [5.41, 5.74) is -1.82. The third-order valence-corrected chi connectivity index (χ3v) is 9.27. The normalized spacial score (nSPS) is 21.5. The Kier molecular flexibility index (Phi) is 8.54. The first-order valence-corrected chi connectivity index (χ1v) is 15.1. The van der Waals surface area contributed by atoms with Gasteiger partial charge in [0.1, 0.15) is 22.8 Å². The van der Waals surface area contributed by atoms with Gasteiger partial charge in [-0.2, -0.15) is 23.3 Å². The number of nitrogens with one attached hydrogen (secondary N) is 1. The van der Waals surface area contributed by atoms with Crippen LogP contribution in [0.2, 0.25) is 0 Å². The van der Waals surface area contributed by atoms with Gasteiger partial charge in [-0.05, 0) is 59.1 Å². The lowest BCUT2D eigenvalue weighted by atomic mass is 9.75. The van der Waals surface area contributed by atoms with Crippen LogP contribution in [0.1, 0.15) is 46.7 Å². The van der Waals surface area contributed by atoms with Crippen LogP contribution in [0.25, 0.3) is 0 Å². The van der Waals surface area contributed by atoms with E-state index >= 15 is 0 Å². The largest absolute Gasteiger partial charge is 0.433 e. The molecule has 1 fully saturated rings. The second kappa shape index (κ2) is 11.1. The van der Waals surface area contributed by atoms with Crippen molar-refractivity contribution < 1.29 is 31.3 Å². The molecule has 2 atom stereocenters. The van der Waals surface area contributed by atoms with Crippen LogP contribution >= 0.6 is 0 Å². The fourth-order valence-corrected chi connectivity index (χ4v) is 6.63. The van der Waals surface area contributed by atoms with Gasteiger partial charge in [0.05, 0.1) is 17.7 Å². The first-order valence-electron chi connectivity index (χ1n) is 13.6. The molecule has 2 aromatic rings. The number of rotatable bonds is 9. The van der Waals surface area contributed by atoms with Gasteiger partial charge >= 0.3 is 13.2 Å². The smallest absolute Gasteiger partial charge is 0.431 e. The molecule has 1 saturated heterocycles. The van der Waals surface area contributed by atoms with Gasteiger partial charge in [0.15, 0.2) is 0 Å². The highest BCUT2D eigenvalue weighted by Crippen LogP contribution is 2.39. The van der Waals surface area contributed by atoms with Crippen molar-refractivity contribution >= 4 is 34.2 Å². The molecule has 232 valence electrons. The minimum atomic E-state index is -4.42. The van der Waals surface area contributed by atoms with Crippen molar-refractivity contribution in [1.29, 1.82) is 0 Å². The van der Waals surface area contributed by atoms with Crippen molar-refractivity contribution in [2.75, 3.05) is 30.1 Å². The second-order valence-electron chi connectivity index (χ2n) is 12.4. The molecule has 16 heteroatoms. The zero-order valence-corrected chi connectivity index (χ0v) is 26.0. The molecule has 4 heterocycles. The maximum absolute atomic E-state index is 13.3. The summed E-state index contributed by atoms with van der Waals surface area (Å²) in [5, 5.41) is 18.6. The van der Waals surface area contributed by atoms with Gasteiger partial charge in [-0.25, -0.2) is 18.0 Å². The Bertz CT molecular complexity index is 1450. The summed E-state index contributed by atoms with van der Waals surface area (Å²) < 4.78 is 75.7. The summed E-state index contributed by atoms with van der Waals surface area (Å²) in [6.07, 6.45) is 0.310. The Labute approximate surface area is 245 Å². The zero-order valence-electron chi connectivity index (χ0n) is 25.1. The molecule has 0 saturated carbocycles. The minimum Gasteiger partial charge on any atom is -0.433 e. The number of hydrogen-bond acceptors (Lipinski definition) is 9. The lowest BCUT2D eigenvalue weighted by molar-refractivity contribution is -0.233. The van der Waals surface area contributed by atoms with Gasteiger partial charge in [-0.1, -0.05) is 13.0 Å². The first kappa shape index (κ1) is 32.3. The van der Waals surface area contributed by atoms with Crippen LogP contribution in [0.15, 0.2) is 35.5 Å². The monoisotopic (exact) mass is 613 g/mol. The Morgan fingerprint density at radius 3 is 2.45 bits per heavy atom. The minimum absolute atomic E-state index is 0.0473. The van der Waals surface area contributed by atoms with Crippen LogP contribution < -0.4 is 20.0 Å². The average molecular weight is 614 g/mol. The van der Waals surface area contributed by atoms with Gasteiger partial charge in [0, 0.05) is 44.0 Å². The molecular formula is C26H39BF3N7O4S. The number of alkyl halides is 3. The molecular weight excluding hydrogens is 574 g/mol. The number of halogens is 3. The molecule has 2 N–H and O–H groups in total. The molecule has 4 rings (SSSR count). The van der Waals surface area contributed by atoms with Crippen LogP contribution in [0.5, 0.6) is 0 Å². The standard InChI is InChI=1S/C26H39BF3N7O4S/c1-17-13-25(5,6)36(14-17)23-19(27(38)33-42(39,40)20-15-34(7)32-18(20)2)9-10-21(31-23)37-12-11-22(35(37)8)41-16-24(3,4)26(28,29)30/h9-12,15,17,22,33,38H,13-14,16H2,1-8H3/t17-,22?/m0/s1. The molecule has 2 aliphatic rings. The predicted molar refractivity (Wildman–Crippen MR) is 154 cm³/mol. The second-order valence-corrected chi connectivity index (χ2v) is 14.1. The quantitative estimate of drug-likeness (QED) is 0.412. The van der Waals surface area contributed by atoms with E-state index in [9.17, 15) is 26.6 Å². The number of sulfonamides is 1. The van der Waals surface area contributed by atoms with Crippen LogP contribution in [0.3, 0.4) is 0 Å². The highest BCUT2D eigenvalue weighted by molar-refractivity contribution is 7.90. The summed E-state index contributed by atoms with van der Waals surface area (Å²) >= 11 is 0. The lowest BCUT2D eigenvalue weighted by Crippen LogP contribution is -2.52. The molecule has 0 amide bonds. The van der Waals surface area contributed by atoms with Gasteiger partial charge < -0.3 is 14.7 Å². The lowest BCUT2D eigenvalue weighted by Gasteiger charge is -2.36. The number of hydrazine groups is 1. The fraction of sp³-hybridized carbons (Fsp3) is 0.615. The number of aromatic nitrogens is 3. The van der Waals surface area contributed by atoms with Crippen LogP contribution in [0.4, 0.5) is 24.8 Å². The topological polar surface area (TPSA) is 116 Å². The van der Waals surface area contributed by atoms with Gasteiger partial charge in [0.2, 0.25) is 10.0 Å². The van der Waals surface area contributed by atoms with E-state index in [0.29, 0.717) is 29.8 Å². The van der Waals surface area contributed by atoms with E-state index < -0.39 is 41.5 Å². The number of nitrogens with zero attached hydrogens (tertiary/aromatic N) is 6. The third-order valence-electron chi connectivity index (χ3n) is 7.76. The summed E-state index contributed by atoms with van der Waals surface area (Å²) in [6.45, 7) is 10.0. The molecule has 1 unspecified atom stereocenters. The Balaban J connectivity index is 1.64. The number of anilines is 2. The maximum Gasteiger partial charge on any atom is 0.431 e. The number of pyridine rings is 1. The predicted octanol–water partition coefficient (Wildman–Crippen LogP) is 2.53. The van der Waals surface area contributed by atoms with Crippen molar-refractivity contribution in [1.82, 2.24) is 24.4 Å². The van der Waals surface area contributed by atoms with Gasteiger partial charge in [0.25, 0.3) is 0 Å². The molecule has 2 aromatic heterocycles. The highest BCUT2D eigenvalue weighted by atomic mass is 32.2. The molecule has 0 spiro atoms. The molecule has 42 heavy (non-hydrogen) atoms. The van der Waals surface area contributed by atoms with Crippen molar-refractivity contribution in [3.63, 3.8) is 0 Å².